The monoisotopic (exact) mass is 288 g/mol. The van der Waals surface area contributed by atoms with Crippen LogP contribution in [-0.2, 0) is 0 Å². The number of benzene rings is 1. The molecular weight excluding hydrogens is 260 g/mol. The standard InChI is InChI=1S/C18H28N2O/c1-3-18(21)16-9-4-5-10-17(16)20-13-15-8-6-7-11-19(15)12-14(20)2/h4-5,9-10,14-15,18,21H,3,6-8,11-13H2,1-2H3/t14?,15?,18-/m0/s1. The van der Waals surface area contributed by atoms with Gasteiger partial charge in [0.2, 0.25) is 0 Å². The smallest absolute Gasteiger partial charge is 0.0807 e. The highest BCUT2D eigenvalue weighted by atomic mass is 16.3. The van der Waals surface area contributed by atoms with Gasteiger partial charge in [0.05, 0.1) is 6.10 Å². The molecule has 0 saturated carbocycles. The Morgan fingerprint density at radius 2 is 2.05 bits per heavy atom. The van der Waals surface area contributed by atoms with Gasteiger partial charge in [0.25, 0.3) is 0 Å². The average Bonchev–Trinajstić information content (AvgIpc) is 2.53. The molecule has 0 radical (unpaired) electrons. The molecule has 1 aromatic rings. The Morgan fingerprint density at radius 1 is 1.24 bits per heavy atom. The lowest BCUT2D eigenvalue weighted by Gasteiger charge is -2.49. The lowest BCUT2D eigenvalue weighted by molar-refractivity contribution is 0.115. The summed E-state index contributed by atoms with van der Waals surface area (Å²) in [5.41, 5.74) is 2.33. The number of anilines is 1. The van der Waals surface area contributed by atoms with E-state index < -0.39 is 0 Å². The number of rotatable bonds is 3. The van der Waals surface area contributed by atoms with Crippen molar-refractivity contribution < 1.29 is 5.11 Å². The van der Waals surface area contributed by atoms with E-state index in [1.807, 2.05) is 13.0 Å². The van der Waals surface area contributed by atoms with Gasteiger partial charge in [0.15, 0.2) is 0 Å². The lowest BCUT2D eigenvalue weighted by Crippen LogP contribution is -2.59. The average molecular weight is 288 g/mol. The van der Waals surface area contributed by atoms with Crippen LogP contribution < -0.4 is 4.90 Å². The fourth-order valence-electron chi connectivity index (χ4n) is 3.94. The molecule has 3 atom stereocenters. The molecule has 1 N–H and O–H groups in total. The predicted octanol–water partition coefficient (Wildman–Crippen LogP) is 3.19. The van der Waals surface area contributed by atoms with Gasteiger partial charge in [-0.1, -0.05) is 31.5 Å². The summed E-state index contributed by atoms with van der Waals surface area (Å²) in [5, 5.41) is 10.3. The van der Waals surface area contributed by atoms with Crippen LogP contribution in [-0.4, -0.2) is 41.7 Å². The summed E-state index contributed by atoms with van der Waals surface area (Å²) in [7, 11) is 0. The molecule has 1 aromatic carbocycles. The van der Waals surface area contributed by atoms with Gasteiger partial charge in [-0.3, -0.25) is 4.90 Å². The molecule has 3 rings (SSSR count). The van der Waals surface area contributed by atoms with Crippen LogP contribution in [0.1, 0.15) is 51.2 Å². The summed E-state index contributed by atoms with van der Waals surface area (Å²) in [6.45, 7) is 7.89. The van der Waals surface area contributed by atoms with Crippen molar-refractivity contribution in [3.8, 4) is 0 Å². The van der Waals surface area contributed by atoms with Crippen LogP contribution >= 0.6 is 0 Å². The van der Waals surface area contributed by atoms with Crippen molar-refractivity contribution in [1.29, 1.82) is 0 Å². The molecule has 116 valence electrons. The first-order chi connectivity index (χ1) is 10.2. The van der Waals surface area contributed by atoms with E-state index in [4.69, 9.17) is 0 Å². The van der Waals surface area contributed by atoms with E-state index in [0.29, 0.717) is 12.1 Å². The minimum atomic E-state index is -0.349. The van der Waals surface area contributed by atoms with E-state index in [2.05, 4.69) is 34.9 Å². The van der Waals surface area contributed by atoms with Crippen LogP contribution in [0.4, 0.5) is 5.69 Å². The maximum Gasteiger partial charge on any atom is 0.0807 e. The van der Waals surface area contributed by atoms with Gasteiger partial charge in [-0.25, -0.2) is 0 Å². The molecule has 0 aromatic heterocycles. The molecule has 0 spiro atoms. The van der Waals surface area contributed by atoms with Crippen LogP contribution in [0.2, 0.25) is 0 Å². The number of para-hydroxylation sites is 1. The number of piperidine rings is 1. The van der Waals surface area contributed by atoms with Gasteiger partial charge in [-0.2, -0.15) is 0 Å². The van der Waals surface area contributed by atoms with Gasteiger partial charge >= 0.3 is 0 Å². The maximum atomic E-state index is 10.3. The Kier molecular flexibility index (Phi) is 4.51. The molecule has 2 saturated heterocycles. The number of aliphatic hydroxyl groups is 1. The number of aliphatic hydroxyl groups excluding tert-OH is 1. The third kappa shape index (κ3) is 2.95. The first-order valence-corrected chi connectivity index (χ1v) is 8.48. The quantitative estimate of drug-likeness (QED) is 0.925. The third-order valence-electron chi connectivity index (χ3n) is 5.18. The zero-order valence-electron chi connectivity index (χ0n) is 13.3. The van der Waals surface area contributed by atoms with Gasteiger partial charge < -0.3 is 10.0 Å². The van der Waals surface area contributed by atoms with Crippen molar-refractivity contribution in [2.45, 2.75) is 57.7 Å². The van der Waals surface area contributed by atoms with Gasteiger partial charge in [-0.15, -0.1) is 0 Å². The summed E-state index contributed by atoms with van der Waals surface area (Å²) in [4.78, 5) is 5.20. The molecular formula is C18H28N2O. The number of piperazine rings is 1. The second-order valence-corrected chi connectivity index (χ2v) is 6.63. The topological polar surface area (TPSA) is 26.7 Å². The van der Waals surface area contributed by atoms with E-state index in [1.165, 1.54) is 31.5 Å². The van der Waals surface area contributed by atoms with E-state index in [-0.39, 0.29) is 6.10 Å². The summed E-state index contributed by atoms with van der Waals surface area (Å²) in [6, 6.07) is 9.62. The summed E-state index contributed by atoms with van der Waals surface area (Å²) >= 11 is 0. The molecule has 2 aliphatic heterocycles. The minimum absolute atomic E-state index is 0.349. The highest BCUT2D eigenvalue weighted by Gasteiger charge is 2.34. The van der Waals surface area contributed by atoms with Crippen molar-refractivity contribution in [3.05, 3.63) is 29.8 Å². The van der Waals surface area contributed by atoms with Gasteiger partial charge in [0, 0.05) is 36.4 Å². The highest BCUT2D eigenvalue weighted by molar-refractivity contribution is 5.56. The van der Waals surface area contributed by atoms with E-state index in [9.17, 15) is 5.11 Å². The van der Waals surface area contributed by atoms with E-state index >= 15 is 0 Å². The molecule has 2 fully saturated rings. The van der Waals surface area contributed by atoms with Crippen LogP contribution in [0.3, 0.4) is 0 Å². The zero-order chi connectivity index (χ0) is 14.8. The molecule has 3 heteroatoms. The molecule has 21 heavy (non-hydrogen) atoms. The van der Waals surface area contributed by atoms with E-state index in [1.54, 1.807) is 0 Å². The van der Waals surface area contributed by atoms with Crippen molar-refractivity contribution in [2.24, 2.45) is 0 Å². The third-order valence-corrected chi connectivity index (χ3v) is 5.18. The molecule has 0 amide bonds. The molecule has 2 heterocycles. The van der Waals surface area contributed by atoms with Crippen molar-refractivity contribution in [1.82, 2.24) is 4.90 Å². The SMILES string of the molecule is CC[C@H](O)c1ccccc1N1CC2CCCCN2CC1C. The Morgan fingerprint density at radius 3 is 2.86 bits per heavy atom. The van der Waals surface area contributed by atoms with E-state index in [0.717, 1.165) is 25.1 Å². The fourth-order valence-corrected chi connectivity index (χ4v) is 3.94. The van der Waals surface area contributed by atoms with Crippen molar-refractivity contribution >= 4 is 5.69 Å². The second-order valence-electron chi connectivity index (χ2n) is 6.63. The second kappa shape index (κ2) is 6.37. The Labute approximate surface area is 128 Å². The van der Waals surface area contributed by atoms with Gasteiger partial charge in [-0.05, 0) is 38.8 Å². The molecule has 0 aliphatic carbocycles. The van der Waals surface area contributed by atoms with Crippen LogP contribution in [0.25, 0.3) is 0 Å². The fraction of sp³-hybridized carbons (Fsp3) is 0.667. The number of fused-ring (bicyclic) bond motifs is 1. The summed E-state index contributed by atoms with van der Waals surface area (Å²) < 4.78 is 0. The summed E-state index contributed by atoms with van der Waals surface area (Å²) in [5.74, 6) is 0. The number of hydrogen-bond acceptors (Lipinski definition) is 3. The Hall–Kier alpha value is -1.06. The molecule has 0 bridgehead atoms. The number of nitrogens with zero attached hydrogens (tertiary/aromatic N) is 2. The molecule has 2 unspecified atom stereocenters. The zero-order valence-corrected chi connectivity index (χ0v) is 13.3. The first-order valence-electron chi connectivity index (χ1n) is 8.48. The van der Waals surface area contributed by atoms with Crippen LogP contribution in [0.5, 0.6) is 0 Å². The predicted molar refractivity (Wildman–Crippen MR) is 87.7 cm³/mol. The highest BCUT2D eigenvalue weighted by Crippen LogP contribution is 2.33. The Bertz CT molecular complexity index is 476. The molecule has 2 aliphatic rings. The maximum absolute atomic E-state index is 10.3. The number of hydrogen-bond donors (Lipinski definition) is 1. The summed E-state index contributed by atoms with van der Waals surface area (Å²) in [6.07, 6.45) is 4.46. The van der Waals surface area contributed by atoms with Crippen LogP contribution in [0, 0.1) is 0 Å². The largest absolute Gasteiger partial charge is 0.388 e. The molecule has 3 nitrogen and oxygen atoms in total. The first kappa shape index (κ1) is 14.9. The normalized spacial score (nSPS) is 28.2. The lowest BCUT2D eigenvalue weighted by atomic mass is 9.95. The van der Waals surface area contributed by atoms with Crippen molar-refractivity contribution in [2.75, 3.05) is 24.5 Å². The van der Waals surface area contributed by atoms with Gasteiger partial charge in [0.1, 0.15) is 0 Å². The van der Waals surface area contributed by atoms with Crippen molar-refractivity contribution in [3.63, 3.8) is 0 Å². The minimum Gasteiger partial charge on any atom is -0.388 e. The van der Waals surface area contributed by atoms with Crippen LogP contribution in [0.15, 0.2) is 24.3 Å². The Balaban J connectivity index is 1.86.